The Labute approximate surface area is 100 Å². The van der Waals surface area contributed by atoms with E-state index in [4.69, 9.17) is 0 Å². The fraction of sp³-hybridized carbons (Fsp3) is 0.308. The summed E-state index contributed by atoms with van der Waals surface area (Å²) in [6, 6.07) is 8.52. The molecule has 1 aromatic carbocycles. The Balaban J connectivity index is 2.27. The van der Waals surface area contributed by atoms with Crippen molar-refractivity contribution in [1.82, 2.24) is 4.98 Å². The molecule has 0 spiro atoms. The summed E-state index contributed by atoms with van der Waals surface area (Å²) < 4.78 is 0. The SMILES string of the molecule is CNc1nc(C)c(Cc2ccccc2C)s1. The van der Waals surface area contributed by atoms with Gasteiger partial charge in [-0.2, -0.15) is 0 Å². The predicted molar refractivity (Wildman–Crippen MR) is 70.4 cm³/mol. The molecule has 2 nitrogen and oxygen atoms in total. The van der Waals surface area contributed by atoms with Crippen molar-refractivity contribution in [2.45, 2.75) is 20.3 Å². The number of hydrogen-bond donors (Lipinski definition) is 1. The summed E-state index contributed by atoms with van der Waals surface area (Å²) in [5, 5.41) is 4.10. The van der Waals surface area contributed by atoms with Crippen LogP contribution in [-0.4, -0.2) is 12.0 Å². The van der Waals surface area contributed by atoms with E-state index in [1.54, 1.807) is 11.3 Å². The van der Waals surface area contributed by atoms with Gasteiger partial charge in [-0.25, -0.2) is 4.98 Å². The maximum atomic E-state index is 4.46. The maximum Gasteiger partial charge on any atom is 0.182 e. The van der Waals surface area contributed by atoms with Crippen LogP contribution in [0, 0.1) is 13.8 Å². The van der Waals surface area contributed by atoms with Gasteiger partial charge < -0.3 is 5.32 Å². The van der Waals surface area contributed by atoms with Crippen LogP contribution in [-0.2, 0) is 6.42 Å². The van der Waals surface area contributed by atoms with Gasteiger partial charge in [0, 0.05) is 18.3 Å². The molecule has 84 valence electrons. The van der Waals surface area contributed by atoms with Crippen molar-refractivity contribution in [3.63, 3.8) is 0 Å². The lowest BCUT2D eigenvalue weighted by Crippen LogP contribution is -1.90. The van der Waals surface area contributed by atoms with Gasteiger partial charge in [-0.15, -0.1) is 11.3 Å². The Morgan fingerprint density at radius 3 is 2.62 bits per heavy atom. The number of benzene rings is 1. The second-order valence-corrected chi connectivity index (χ2v) is 4.96. The van der Waals surface area contributed by atoms with Gasteiger partial charge in [-0.1, -0.05) is 24.3 Å². The monoisotopic (exact) mass is 232 g/mol. The van der Waals surface area contributed by atoms with Crippen molar-refractivity contribution in [2.75, 3.05) is 12.4 Å². The molecule has 0 atom stereocenters. The first-order valence-electron chi connectivity index (χ1n) is 5.39. The van der Waals surface area contributed by atoms with Crippen molar-refractivity contribution in [1.29, 1.82) is 0 Å². The summed E-state index contributed by atoms with van der Waals surface area (Å²) in [5.41, 5.74) is 3.87. The average Bonchev–Trinajstić information content (AvgIpc) is 2.63. The first-order valence-corrected chi connectivity index (χ1v) is 6.21. The lowest BCUT2D eigenvalue weighted by molar-refractivity contribution is 1.13. The van der Waals surface area contributed by atoms with Crippen LogP contribution in [0.3, 0.4) is 0 Å². The highest BCUT2D eigenvalue weighted by Gasteiger charge is 2.08. The Morgan fingerprint density at radius 2 is 2.00 bits per heavy atom. The van der Waals surface area contributed by atoms with Crippen LogP contribution in [0.2, 0.25) is 0 Å². The molecule has 0 fully saturated rings. The number of aromatic nitrogens is 1. The zero-order chi connectivity index (χ0) is 11.5. The molecule has 0 saturated carbocycles. The number of hydrogen-bond acceptors (Lipinski definition) is 3. The van der Waals surface area contributed by atoms with Gasteiger partial charge in [-0.3, -0.25) is 0 Å². The number of anilines is 1. The minimum atomic E-state index is 0.984. The maximum absolute atomic E-state index is 4.46. The van der Waals surface area contributed by atoms with E-state index in [2.05, 4.69) is 48.4 Å². The van der Waals surface area contributed by atoms with Crippen LogP contribution in [0.25, 0.3) is 0 Å². The first-order chi connectivity index (χ1) is 7.70. The summed E-state index contributed by atoms with van der Waals surface area (Å²) in [6.07, 6.45) is 0.984. The summed E-state index contributed by atoms with van der Waals surface area (Å²) in [5.74, 6) is 0. The van der Waals surface area contributed by atoms with Gasteiger partial charge >= 0.3 is 0 Å². The molecule has 0 saturated heterocycles. The minimum absolute atomic E-state index is 0.984. The topological polar surface area (TPSA) is 24.9 Å². The molecule has 0 amide bonds. The van der Waals surface area contributed by atoms with E-state index < -0.39 is 0 Å². The second-order valence-electron chi connectivity index (χ2n) is 3.88. The molecule has 2 aromatic rings. The Kier molecular flexibility index (Phi) is 3.25. The number of nitrogens with zero attached hydrogens (tertiary/aromatic N) is 1. The lowest BCUT2D eigenvalue weighted by atomic mass is 10.0. The molecule has 0 unspecified atom stereocenters. The van der Waals surface area contributed by atoms with E-state index >= 15 is 0 Å². The molecule has 2 rings (SSSR count). The highest BCUT2D eigenvalue weighted by molar-refractivity contribution is 7.15. The van der Waals surface area contributed by atoms with Crippen LogP contribution in [0.5, 0.6) is 0 Å². The molecule has 1 heterocycles. The normalized spacial score (nSPS) is 10.4. The Hall–Kier alpha value is -1.35. The molecule has 0 radical (unpaired) electrons. The van der Waals surface area contributed by atoms with E-state index in [0.717, 1.165) is 17.2 Å². The minimum Gasteiger partial charge on any atom is -0.365 e. The van der Waals surface area contributed by atoms with E-state index in [1.165, 1.54) is 16.0 Å². The predicted octanol–water partition coefficient (Wildman–Crippen LogP) is 3.39. The van der Waals surface area contributed by atoms with Crippen LogP contribution in [0.15, 0.2) is 24.3 Å². The molecule has 3 heteroatoms. The van der Waals surface area contributed by atoms with Crippen molar-refractivity contribution in [3.05, 3.63) is 46.0 Å². The van der Waals surface area contributed by atoms with Gasteiger partial charge in [0.1, 0.15) is 0 Å². The van der Waals surface area contributed by atoms with Gasteiger partial charge in [0.15, 0.2) is 5.13 Å². The third-order valence-corrected chi connectivity index (χ3v) is 3.89. The molecule has 0 aliphatic rings. The fourth-order valence-electron chi connectivity index (χ4n) is 1.68. The van der Waals surface area contributed by atoms with Crippen LogP contribution < -0.4 is 5.32 Å². The summed E-state index contributed by atoms with van der Waals surface area (Å²) in [7, 11) is 1.91. The van der Waals surface area contributed by atoms with E-state index in [1.807, 2.05) is 7.05 Å². The van der Waals surface area contributed by atoms with E-state index in [0.29, 0.717) is 0 Å². The molecule has 0 aliphatic heterocycles. The summed E-state index contributed by atoms with van der Waals surface area (Å²) in [6.45, 7) is 4.23. The highest BCUT2D eigenvalue weighted by Crippen LogP contribution is 2.25. The smallest absolute Gasteiger partial charge is 0.182 e. The van der Waals surface area contributed by atoms with E-state index in [9.17, 15) is 0 Å². The van der Waals surface area contributed by atoms with Gasteiger partial charge in [0.25, 0.3) is 0 Å². The van der Waals surface area contributed by atoms with Crippen molar-refractivity contribution >= 4 is 16.5 Å². The van der Waals surface area contributed by atoms with Gasteiger partial charge in [0.2, 0.25) is 0 Å². The number of rotatable bonds is 3. The molecule has 1 aromatic heterocycles. The number of aryl methyl sites for hydroxylation is 2. The lowest BCUT2D eigenvalue weighted by Gasteiger charge is -2.03. The average molecular weight is 232 g/mol. The third kappa shape index (κ3) is 2.25. The quantitative estimate of drug-likeness (QED) is 0.877. The van der Waals surface area contributed by atoms with Crippen molar-refractivity contribution in [2.24, 2.45) is 0 Å². The van der Waals surface area contributed by atoms with Crippen LogP contribution in [0.1, 0.15) is 21.7 Å². The third-order valence-electron chi connectivity index (χ3n) is 2.72. The van der Waals surface area contributed by atoms with Gasteiger partial charge in [0.05, 0.1) is 5.69 Å². The Morgan fingerprint density at radius 1 is 1.25 bits per heavy atom. The molecule has 0 bridgehead atoms. The highest BCUT2D eigenvalue weighted by atomic mass is 32.1. The first kappa shape index (κ1) is 11.1. The van der Waals surface area contributed by atoms with Crippen molar-refractivity contribution < 1.29 is 0 Å². The fourth-order valence-corrected chi connectivity index (χ4v) is 2.62. The molecular formula is C13H16N2S. The number of nitrogens with one attached hydrogen (secondary N) is 1. The molecule has 0 aliphatic carbocycles. The second kappa shape index (κ2) is 4.66. The van der Waals surface area contributed by atoms with Gasteiger partial charge in [-0.05, 0) is 25.0 Å². The summed E-state index contributed by atoms with van der Waals surface area (Å²) in [4.78, 5) is 5.81. The summed E-state index contributed by atoms with van der Waals surface area (Å²) >= 11 is 1.74. The van der Waals surface area contributed by atoms with E-state index in [-0.39, 0.29) is 0 Å². The molecular weight excluding hydrogens is 216 g/mol. The largest absolute Gasteiger partial charge is 0.365 e. The molecule has 1 N–H and O–H groups in total. The zero-order valence-corrected chi connectivity index (χ0v) is 10.7. The number of thiazole rings is 1. The Bertz CT molecular complexity index is 488. The van der Waals surface area contributed by atoms with Crippen LogP contribution >= 0.6 is 11.3 Å². The zero-order valence-electron chi connectivity index (χ0n) is 9.87. The van der Waals surface area contributed by atoms with Crippen LogP contribution in [0.4, 0.5) is 5.13 Å². The molecule has 16 heavy (non-hydrogen) atoms. The van der Waals surface area contributed by atoms with Crippen molar-refractivity contribution in [3.8, 4) is 0 Å². The standard InChI is InChI=1S/C13H16N2S/c1-9-6-4-5-7-11(9)8-12-10(2)15-13(14-3)16-12/h4-7H,8H2,1-3H3,(H,14,15).